The van der Waals surface area contributed by atoms with Crippen LogP contribution in [0.5, 0.6) is 5.75 Å². The second-order valence-corrected chi connectivity index (χ2v) is 10.5. The summed E-state index contributed by atoms with van der Waals surface area (Å²) in [5, 5.41) is 0. The lowest BCUT2D eigenvalue weighted by atomic mass is 9.93. The van der Waals surface area contributed by atoms with Gasteiger partial charge in [-0.2, -0.15) is 0 Å². The molecule has 2 N–H and O–H groups in total. The first-order valence-corrected chi connectivity index (χ1v) is 13.0. The fourth-order valence-corrected chi connectivity index (χ4v) is 5.22. The summed E-state index contributed by atoms with van der Waals surface area (Å²) in [6.45, 7) is 2.63. The van der Waals surface area contributed by atoms with Crippen LogP contribution in [0.3, 0.4) is 0 Å². The van der Waals surface area contributed by atoms with Gasteiger partial charge in [-0.3, -0.25) is 4.79 Å². The Labute approximate surface area is 194 Å². The Morgan fingerprint density at radius 3 is 2.45 bits per heavy atom. The summed E-state index contributed by atoms with van der Waals surface area (Å²) in [7, 11) is 2.46. The van der Waals surface area contributed by atoms with E-state index in [0.29, 0.717) is 16.6 Å². The normalized spacial score (nSPS) is 14.3. The van der Waals surface area contributed by atoms with Crippen molar-refractivity contribution in [3.63, 3.8) is 0 Å². The Bertz CT molecular complexity index is 1090. The molecule has 160 valence electrons. The minimum atomic E-state index is -0.459. The van der Waals surface area contributed by atoms with Crippen molar-refractivity contribution in [3.05, 3.63) is 58.4 Å². The van der Waals surface area contributed by atoms with E-state index in [-0.39, 0.29) is 5.97 Å². The van der Waals surface area contributed by atoms with E-state index in [4.69, 9.17) is 26.8 Å². The highest BCUT2D eigenvalue weighted by Crippen LogP contribution is 2.50. The van der Waals surface area contributed by atoms with Crippen LogP contribution >= 0.6 is 22.9 Å². The van der Waals surface area contributed by atoms with Crippen LogP contribution in [-0.2, 0) is 14.9 Å². The van der Waals surface area contributed by atoms with Crippen LogP contribution in [0.1, 0.15) is 18.4 Å². The molecule has 3 aromatic rings. The van der Waals surface area contributed by atoms with Crippen molar-refractivity contribution >= 4 is 44.1 Å². The zero-order chi connectivity index (χ0) is 22.0. The minimum Gasteiger partial charge on any atom is -0.496 e. The van der Waals surface area contributed by atoms with Gasteiger partial charge in [0.1, 0.15) is 5.75 Å². The molecule has 1 heterocycles. The maximum atomic E-state index is 12.6. The molecule has 2 radical (unpaired) electrons. The number of hydrogen-bond acceptors (Lipinski definition) is 5. The molecule has 0 spiro atoms. The molecule has 4 nitrogen and oxygen atoms in total. The molecule has 0 amide bonds. The lowest BCUT2D eigenvalue weighted by Crippen LogP contribution is -2.23. The van der Waals surface area contributed by atoms with Crippen molar-refractivity contribution < 1.29 is 14.3 Å². The molecule has 1 aliphatic carbocycles. The molecule has 0 bridgehead atoms. The van der Waals surface area contributed by atoms with Crippen molar-refractivity contribution in [2.45, 2.75) is 30.8 Å². The average molecular weight is 470 g/mol. The summed E-state index contributed by atoms with van der Waals surface area (Å²) < 4.78 is 11.8. The van der Waals surface area contributed by atoms with E-state index >= 15 is 0 Å². The van der Waals surface area contributed by atoms with Gasteiger partial charge in [-0.05, 0) is 47.7 Å². The second kappa shape index (κ2) is 9.07. The smallest absolute Gasteiger partial charge is 0.316 e. The van der Waals surface area contributed by atoms with Gasteiger partial charge in [0, 0.05) is 15.1 Å². The highest BCUT2D eigenvalue weighted by atomic mass is 35.5. The highest BCUT2D eigenvalue weighted by Gasteiger charge is 2.52. The number of carbonyl (C=O) groups excluding carboxylic acids is 1. The van der Waals surface area contributed by atoms with E-state index in [1.165, 1.54) is 11.3 Å². The van der Waals surface area contributed by atoms with Crippen molar-refractivity contribution in [2.24, 2.45) is 0 Å². The van der Waals surface area contributed by atoms with Gasteiger partial charge < -0.3 is 15.2 Å². The molecule has 2 aromatic carbocycles. The number of nitrogens with two attached hydrogens (primary N) is 1. The maximum absolute atomic E-state index is 12.6. The van der Waals surface area contributed by atoms with Crippen LogP contribution in [0.4, 0.5) is 5.69 Å². The number of ether oxygens (including phenoxy) is 2. The van der Waals surface area contributed by atoms with E-state index in [2.05, 4.69) is 6.55 Å². The van der Waals surface area contributed by atoms with E-state index < -0.39 is 5.41 Å². The summed E-state index contributed by atoms with van der Waals surface area (Å²) in [6, 6.07) is 16.9. The van der Waals surface area contributed by atoms with Crippen LogP contribution in [0.25, 0.3) is 21.6 Å². The number of benzene rings is 2. The Balaban J connectivity index is 1.58. The first-order valence-electron chi connectivity index (χ1n) is 10.1. The molecular formula is C24H24ClNO3SSi. The average Bonchev–Trinajstić information content (AvgIpc) is 3.52. The van der Waals surface area contributed by atoms with E-state index in [9.17, 15) is 4.79 Å². The van der Waals surface area contributed by atoms with Gasteiger partial charge >= 0.3 is 5.97 Å². The van der Waals surface area contributed by atoms with Gasteiger partial charge in [0.2, 0.25) is 0 Å². The predicted octanol–water partition coefficient (Wildman–Crippen LogP) is 6.07. The molecule has 1 aliphatic rings. The molecule has 0 atom stereocenters. The molecular weight excluding hydrogens is 446 g/mol. The van der Waals surface area contributed by atoms with Gasteiger partial charge in [0.25, 0.3) is 0 Å². The summed E-state index contributed by atoms with van der Waals surface area (Å²) in [5.74, 6) is 0.669. The Hall–Kier alpha value is -2.28. The fraction of sp³-hybridized carbons (Fsp3) is 0.292. The summed E-state index contributed by atoms with van der Waals surface area (Å²) in [4.78, 5) is 13.5. The summed E-state index contributed by atoms with van der Waals surface area (Å²) >= 11 is 7.56. The maximum Gasteiger partial charge on any atom is 0.316 e. The van der Waals surface area contributed by atoms with Crippen LogP contribution in [0, 0.1) is 0 Å². The first kappa shape index (κ1) is 21.9. The number of thiophene rings is 1. The largest absolute Gasteiger partial charge is 0.496 e. The number of carbonyl (C=O) groups is 1. The Kier molecular flexibility index (Phi) is 6.41. The summed E-state index contributed by atoms with van der Waals surface area (Å²) in [5.41, 5.74) is 10.3. The molecule has 31 heavy (non-hydrogen) atoms. The number of rotatable bonds is 8. The number of hydrogen-bond donors (Lipinski definition) is 1. The van der Waals surface area contributed by atoms with Crippen LogP contribution in [0.2, 0.25) is 16.9 Å². The van der Waals surface area contributed by atoms with Gasteiger partial charge in [0.05, 0.1) is 34.0 Å². The molecule has 0 unspecified atom stereocenters. The van der Waals surface area contributed by atoms with E-state index in [1.54, 1.807) is 13.2 Å². The Morgan fingerprint density at radius 2 is 1.87 bits per heavy atom. The monoisotopic (exact) mass is 469 g/mol. The Morgan fingerprint density at radius 1 is 1.16 bits per heavy atom. The molecule has 1 fully saturated rings. The number of nitrogen functional groups attached to an aromatic ring is 1. The third kappa shape index (κ3) is 4.38. The first-order chi connectivity index (χ1) is 15.0. The molecule has 1 saturated carbocycles. The van der Waals surface area contributed by atoms with E-state index in [0.717, 1.165) is 61.3 Å². The minimum absolute atomic E-state index is 0.0902. The predicted molar refractivity (Wildman–Crippen MR) is 129 cm³/mol. The van der Waals surface area contributed by atoms with Gasteiger partial charge in [-0.15, -0.1) is 11.3 Å². The van der Waals surface area contributed by atoms with Crippen LogP contribution in [0.15, 0.2) is 48.5 Å². The highest BCUT2D eigenvalue weighted by molar-refractivity contribution is 7.20. The van der Waals surface area contributed by atoms with Crippen LogP contribution < -0.4 is 10.5 Å². The standard InChI is InChI=1S/C24H24ClNO3SSi/c1-28-20-13-16(22-19(26)14-21(25)30-22)5-8-18(20)15-3-6-17(7-4-15)24(9-10-24)23(27)29-11-12-31-2/h3-8,13-14H,9-12,26H2,1-2H3. The van der Waals surface area contributed by atoms with Gasteiger partial charge in [-0.25, -0.2) is 0 Å². The zero-order valence-electron chi connectivity index (χ0n) is 17.5. The molecule has 0 aliphatic heterocycles. The lowest BCUT2D eigenvalue weighted by Gasteiger charge is -2.16. The number of halogens is 1. The lowest BCUT2D eigenvalue weighted by molar-refractivity contribution is -0.146. The molecule has 7 heteroatoms. The van der Waals surface area contributed by atoms with Crippen molar-refractivity contribution in [3.8, 4) is 27.3 Å². The fourth-order valence-electron chi connectivity index (χ4n) is 3.76. The topological polar surface area (TPSA) is 61.5 Å². The number of anilines is 1. The SMILES string of the molecule is COc1cc(-c2sc(Cl)cc2N)ccc1-c1ccc(C2(C(=O)OCC[Si]C)CC2)cc1. The molecule has 0 saturated heterocycles. The van der Waals surface area contributed by atoms with Crippen molar-refractivity contribution in [1.29, 1.82) is 0 Å². The van der Waals surface area contributed by atoms with Crippen molar-refractivity contribution in [2.75, 3.05) is 19.5 Å². The zero-order valence-corrected chi connectivity index (χ0v) is 20.1. The van der Waals surface area contributed by atoms with Gasteiger partial charge in [-0.1, -0.05) is 54.5 Å². The number of methoxy groups -OCH3 is 1. The molecule has 4 rings (SSSR count). The van der Waals surface area contributed by atoms with Crippen LogP contribution in [-0.4, -0.2) is 29.2 Å². The summed E-state index contributed by atoms with van der Waals surface area (Å²) in [6.07, 6.45) is 1.70. The second-order valence-electron chi connectivity index (χ2n) is 7.65. The van der Waals surface area contributed by atoms with Gasteiger partial charge in [0.15, 0.2) is 0 Å². The van der Waals surface area contributed by atoms with Crippen molar-refractivity contribution in [1.82, 2.24) is 0 Å². The quantitative estimate of drug-likeness (QED) is 0.247. The third-order valence-electron chi connectivity index (χ3n) is 5.67. The van der Waals surface area contributed by atoms with E-state index in [1.807, 2.05) is 42.5 Å². The third-order valence-corrected chi connectivity index (χ3v) is 7.70. The molecule has 1 aromatic heterocycles. The number of esters is 1.